The highest BCUT2D eigenvalue weighted by Gasteiger charge is 2.10. The van der Waals surface area contributed by atoms with Gasteiger partial charge in [-0.15, -0.1) is 0 Å². The van der Waals surface area contributed by atoms with Gasteiger partial charge in [0.1, 0.15) is 11.5 Å². The van der Waals surface area contributed by atoms with Gasteiger partial charge in [0.2, 0.25) is 0 Å². The molecule has 0 saturated carbocycles. The summed E-state index contributed by atoms with van der Waals surface area (Å²) in [6.07, 6.45) is 0. The second-order valence-corrected chi connectivity index (χ2v) is 3.85. The number of anilines is 1. The Kier molecular flexibility index (Phi) is 2.08. The van der Waals surface area contributed by atoms with Gasteiger partial charge in [-0.2, -0.15) is 5.10 Å². The second-order valence-electron chi connectivity index (χ2n) is 3.85. The number of aromatic nitrogens is 2. The Morgan fingerprint density at radius 3 is 2.59 bits per heavy atom. The standard InChI is InChI=1S/C13H10FN3/c14-9-6-4-8(5-7-9)13-12-10(15)2-1-3-11(12)16-17-13/h1-7H,15H2,(H,16,17). The lowest BCUT2D eigenvalue weighted by atomic mass is 10.1. The lowest BCUT2D eigenvalue weighted by Crippen LogP contribution is -1.86. The first-order valence-corrected chi connectivity index (χ1v) is 5.24. The van der Waals surface area contributed by atoms with Crippen molar-refractivity contribution in [1.29, 1.82) is 0 Å². The quantitative estimate of drug-likeness (QED) is 0.628. The minimum Gasteiger partial charge on any atom is -0.398 e. The van der Waals surface area contributed by atoms with Crippen LogP contribution >= 0.6 is 0 Å². The van der Waals surface area contributed by atoms with E-state index in [9.17, 15) is 4.39 Å². The first-order chi connectivity index (χ1) is 8.25. The fourth-order valence-electron chi connectivity index (χ4n) is 1.92. The van der Waals surface area contributed by atoms with E-state index < -0.39 is 0 Å². The zero-order valence-corrected chi connectivity index (χ0v) is 8.94. The summed E-state index contributed by atoms with van der Waals surface area (Å²) in [5.41, 5.74) is 9.07. The van der Waals surface area contributed by atoms with Crippen LogP contribution in [0.15, 0.2) is 42.5 Å². The highest BCUT2D eigenvalue weighted by Crippen LogP contribution is 2.30. The summed E-state index contributed by atoms with van der Waals surface area (Å²) in [7, 11) is 0. The number of hydrogen-bond acceptors (Lipinski definition) is 2. The van der Waals surface area contributed by atoms with Crippen molar-refractivity contribution < 1.29 is 4.39 Å². The molecule has 0 aliphatic heterocycles. The third-order valence-electron chi connectivity index (χ3n) is 2.74. The van der Waals surface area contributed by atoms with Crippen LogP contribution in [0.25, 0.3) is 22.2 Å². The van der Waals surface area contributed by atoms with Crippen LogP contribution < -0.4 is 5.73 Å². The fraction of sp³-hybridized carbons (Fsp3) is 0. The number of benzene rings is 2. The van der Waals surface area contributed by atoms with Crippen LogP contribution in [0, 0.1) is 5.82 Å². The maximum atomic E-state index is 12.9. The number of hydrogen-bond donors (Lipinski definition) is 2. The summed E-state index contributed by atoms with van der Waals surface area (Å²) >= 11 is 0. The van der Waals surface area contributed by atoms with Gasteiger partial charge < -0.3 is 5.73 Å². The van der Waals surface area contributed by atoms with E-state index in [-0.39, 0.29) is 5.82 Å². The molecular weight excluding hydrogens is 217 g/mol. The highest BCUT2D eigenvalue weighted by atomic mass is 19.1. The van der Waals surface area contributed by atoms with E-state index in [2.05, 4.69) is 10.2 Å². The normalized spacial score (nSPS) is 10.9. The molecule has 0 fully saturated rings. The molecule has 0 aliphatic carbocycles. The van der Waals surface area contributed by atoms with Crippen LogP contribution in [0.4, 0.5) is 10.1 Å². The summed E-state index contributed by atoms with van der Waals surface area (Å²) in [5.74, 6) is -0.262. The third-order valence-corrected chi connectivity index (χ3v) is 2.74. The van der Waals surface area contributed by atoms with E-state index in [1.807, 2.05) is 18.2 Å². The van der Waals surface area contributed by atoms with Gasteiger partial charge in [-0.3, -0.25) is 5.10 Å². The molecular formula is C13H10FN3. The van der Waals surface area contributed by atoms with Gasteiger partial charge in [0.05, 0.1) is 10.9 Å². The van der Waals surface area contributed by atoms with Crippen LogP contribution in [0.3, 0.4) is 0 Å². The van der Waals surface area contributed by atoms with Crippen LogP contribution in [0.2, 0.25) is 0 Å². The Morgan fingerprint density at radius 2 is 1.82 bits per heavy atom. The van der Waals surface area contributed by atoms with Gasteiger partial charge in [-0.1, -0.05) is 6.07 Å². The molecule has 0 amide bonds. The summed E-state index contributed by atoms with van der Waals surface area (Å²) in [6.45, 7) is 0. The van der Waals surface area contributed by atoms with Crippen molar-refractivity contribution in [3.8, 4) is 11.3 Å². The van der Waals surface area contributed by atoms with E-state index in [4.69, 9.17) is 5.73 Å². The van der Waals surface area contributed by atoms with E-state index in [0.717, 1.165) is 22.2 Å². The van der Waals surface area contributed by atoms with Gasteiger partial charge >= 0.3 is 0 Å². The Hall–Kier alpha value is -2.36. The Bertz CT molecular complexity index is 671. The fourth-order valence-corrected chi connectivity index (χ4v) is 1.92. The van der Waals surface area contributed by atoms with Crippen molar-refractivity contribution in [2.24, 2.45) is 0 Å². The molecule has 0 radical (unpaired) electrons. The average molecular weight is 227 g/mol. The smallest absolute Gasteiger partial charge is 0.123 e. The average Bonchev–Trinajstić information content (AvgIpc) is 2.75. The first-order valence-electron chi connectivity index (χ1n) is 5.24. The third kappa shape index (κ3) is 1.54. The van der Waals surface area contributed by atoms with Crippen molar-refractivity contribution in [2.45, 2.75) is 0 Å². The van der Waals surface area contributed by atoms with E-state index in [1.165, 1.54) is 12.1 Å². The second kappa shape index (κ2) is 3.59. The summed E-state index contributed by atoms with van der Waals surface area (Å²) in [4.78, 5) is 0. The van der Waals surface area contributed by atoms with Gasteiger partial charge in [-0.25, -0.2) is 4.39 Å². The zero-order chi connectivity index (χ0) is 11.8. The summed E-state index contributed by atoms with van der Waals surface area (Å²) in [6, 6.07) is 11.8. The number of nitrogens with one attached hydrogen (secondary N) is 1. The molecule has 3 aromatic rings. The van der Waals surface area contributed by atoms with Crippen molar-refractivity contribution in [1.82, 2.24) is 10.2 Å². The van der Waals surface area contributed by atoms with E-state index in [1.54, 1.807) is 12.1 Å². The number of aromatic amines is 1. The molecule has 0 spiro atoms. The number of halogens is 1. The molecule has 84 valence electrons. The van der Waals surface area contributed by atoms with Crippen LogP contribution in [-0.2, 0) is 0 Å². The summed E-state index contributed by atoms with van der Waals surface area (Å²) < 4.78 is 12.9. The Balaban J connectivity index is 2.27. The Labute approximate surface area is 97.1 Å². The predicted octanol–water partition coefficient (Wildman–Crippen LogP) is 2.95. The molecule has 0 saturated heterocycles. The topological polar surface area (TPSA) is 54.7 Å². The van der Waals surface area contributed by atoms with Gasteiger partial charge in [0, 0.05) is 11.3 Å². The van der Waals surface area contributed by atoms with Crippen LogP contribution in [0.1, 0.15) is 0 Å². The van der Waals surface area contributed by atoms with Gasteiger partial charge in [-0.05, 0) is 36.4 Å². The van der Waals surface area contributed by atoms with E-state index in [0.29, 0.717) is 5.69 Å². The summed E-state index contributed by atoms with van der Waals surface area (Å²) in [5, 5.41) is 8.02. The largest absolute Gasteiger partial charge is 0.398 e. The number of fused-ring (bicyclic) bond motifs is 1. The molecule has 1 heterocycles. The lowest BCUT2D eigenvalue weighted by Gasteiger charge is -2.00. The maximum absolute atomic E-state index is 12.9. The van der Waals surface area contributed by atoms with E-state index >= 15 is 0 Å². The van der Waals surface area contributed by atoms with Crippen LogP contribution in [-0.4, -0.2) is 10.2 Å². The molecule has 2 aromatic carbocycles. The van der Waals surface area contributed by atoms with Crippen molar-refractivity contribution in [3.63, 3.8) is 0 Å². The number of nitrogens with zero attached hydrogens (tertiary/aromatic N) is 1. The molecule has 0 bridgehead atoms. The minimum absolute atomic E-state index is 0.262. The molecule has 17 heavy (non-hydrogen) atoms. The molecule has 3 N–H and O–H groups in total. The van der Waals surface area contributed by atoms with Gasteiger partial charge in [0.25, 0.3) is 0 Å². The number of H-pyrrole nitrogens is 1. The predicted molar refractivity (Wildman–Crippen MR) is 65.9 cm³/mol. The SMILES string of the molecule is Nc1cccc2[nH]nc(-c3ccc(F)cc3)c12. The number of nitrogens with two attached hydrogens (primary N) is 1. The molecule has 0 aliphatic rings. The number of nitrogen functional groups attached to an aromatic ring is 1. The lowest BCUT2D eigenvalue weighted by molar-refractivity contribution is 0.628. The molecule has 0 atom stereocenters. The number of rotatable bonds is 1. The molecule has 1 aromatic heterocycles. The Morgan fingerprint density at radius 1 is 1.06 bits per heavy atom. The van der Waals surface area contributed by atoms with Crippen molar-refractivity contribution in [2.75, 3.05) is 5.73 Å². The van der Waals surface area contributed by atoms with Gasteiger partial charge in [0.15, 0.2) is 0 Å². The molecule has 3 rings (SSSR count). The molecule has 4 heteroatoms. The maximum Gasteiger partial charge on any atom is 0.123 e. The minimum atomic E-state index is -0.262. The zero-order valence-electron chi connectivity index (χ0n) is 8.94. The monoisotopic (exact) mass is 227 g/mol. The first kappa shape index (κ1) is 9.84. The highest BCUT2D eigenvalue weighted by molar-refractivity contribution is 6.01. The van der Waals surface area contributed by atoms with Crippen molar-refractivity contribution >= 4 is 16.6 Å². The van der Waals surface area contributed by atoms with Crippen molar-refractivity contribution in [3.05, 3.63) is 48.3 Å². The molecule has 0 unspecified atom stereocenters. The van der Waals surface area contributed by atoms with Crippen LogP contribution in [0.5, 0.6) is 0 Å². The molecule has 3 nitrogen and oxygen atoms in total.